The first-order chi connectivity index (χ1) is 12.6. The number of thioether (sulfide) groups is 1. The number of rotatable bonds is 7. The van der Waals surface area contributed by atoms with Gasteiger partial charge in [0, 0.05) is 11.8 Å². The highest BCUT2D eigenvalue weighted by molar-refractivity contribution is 8.00. The van der Waals surface area contributed by atoms with Crippen molar-refractivity contribution in [2.45, 2.75) is 10.8 Å². The molecule has 3 rings (SSSR count). The third-order valence-corrected chi connectivity index (χ3v) is 5.88. The van der Waals surface area contributed by atoms with Crippen LogP contribution in [0.1, 0.15) is 15.2 Å². The van der Waals surface area contributed by atoms with Crippen LogP contribution in [0.15, 0.2) is 46.9 Å². The summed E-state index contributed by atoms with van der Waals surface area (Å²) in [6, 6.07) is 9.49. The molecule has 26 heavy (non-hydrogen) atoms. The highest BCUT2D eigenvalue weighted by atomic mass is 32.2. The highest BCUT2D eigenvalue weighted by Gasteiger charge is 2.13. The topological polar surface area (TPSA) is 65.4 Å². The van der Waals surface area contributed by atoms with Crippen LogP contribution in [-0.2, 0) is 6.54 Å². The predicted octanol–water partition coefficient (Wildman–Crippen LogP) is 3.98. The number of methoxy groups -OCH3 is 2. The second-order valence-electron chi connectivity index (χ2n) is 5.36. The number of carbonyl (C=O) groups is 1. The van der Waals surface area contributed by atoms with E-state index in [1.54, 1.807) is 43.1 Å². The van der Waals surface area contributed by atoms with Crippen LogP contribution in [0.5, 0.6) is 11.5 Å². The maximum absolute atomic E-state index is 12.3. The van der Waals surface area contributed by atoms with E-state index in [-0.39, 0.29) is 5.91 Å². The maximum atomic E-state index is 12.3. The molecule has 0 atom stereocenters. The van der Waals surface area contributed by atoms with Crippen molar-refractivity contribution in [2.75, 3.05) is 25.8 Å². The van der Waals surface area contributed by atoms with Gasteiger partial charge in [0.1, 0.15) is 0 Å². The van der Waals surface area contributed by atoms with Gasteiger partial charge in [0.15, 0.2) is 11.5 Å². The quantitative estimate of drug-likeness (QED) is 0.619. The Morgan fingerprint density at radius 3 is 2.81 bits per heavy atom. The van der Waals surface area contributed by atoms with E-state index in [1.807, 2.05) is 36.6 Å². The average molecular weight is 390 g/mol. The first-order valence-corrected chi connectivity index (χ1v) is 9.86. The summed E-state index contributed by atoms with van der Waals surface area (Å²) in [4.78, 5) is 13.0. The number of nitrogens with zero attached hydrogens (tertiary/aromatic N) is 2. The smallest absolute Gasteiger partial charge is 0.265 e. The summed E-state index contributed by atoms with van der Waals surface area (Å²) in [6.07, 6.45) is 5.41. The van der Waals surface area contributed by atoms with E-state index in [4.69, 9.17) is 9.47 Å². The lowest BCUT2D eigenvalue weighted by molar-refractivity contribution is 0.103. The van der Waals surface area contributed by atoms with E-state index < -0.39 is 0 Å². The van der Waals surface area contributed by atoms with Crippen molar-refractivity contribution in [1.29, 1.82) is 0 Å². The zero-order valence-corrected chi connectivity index (χ0v) is 16.3. The maximum Gasteiger partial charge on any atom is 0.265 e. The molecule has 0 saturated carbocycles. The van der Waals surface area contributed by atoms with Gasteiger partial charge >= 0.3 is 0 Å². The number of hydrogen-bond acceptors (Lipinski definition) is 6. The summed E-state index contributed by atoms with van der Waals surface area (Å²) in [5.74, 6) is 1.22. The molecule has 0 aliphatic heterocycles. The molecule has 136 valence electrons. The van der Waals surface area contributed by atoms with Crippen molar-refractivity contribution in [3.8, 4) is 11.5 Å². The fourth-order valence-corrected chi connectivity index (χ4v) is 3.95. The summed E-state index contributed by atoms with van der Waals surface area (Å²) < 4.78 is 13.6. The standard InChI is InChI=1S/C18H19N3O3S2/c1-23-14-6-4-5-12(17(14)24-2)10-21-11-13(9-19-21)20-18(22)15-7-8-16(25-3)26-15/h4-9,11H,10H2,1-3H3,(H,20,22). The molecule has 2 heterocycles. The summed E-state index contributed by atoms with van der Waals surface area (Å²) in [5.41, 5.74) is 1.59. The fourth-order valence-electron chi connectivity index (χ4n) is 2.51. The molecule has 8 heteroatoms. The Morgan fingerprint density at radius 1 is 1.27 bits per heavy atom. The van der Waals surface area contributed by atoms with Crippen LogP contribution >= 0.6 is 23.1 Å². The number of carbonyl (C=O) groups excluding carboxylic acids is 1. The van der Waals surface area contributed by atoms with Crippen LogP contribution in [0, 0.1) is 0 Å². The van der Waals surface area contributed by atoms with Gasteiger partial charge in [0.2, 0.25) is 0 Å². The molecule has 0 aliphatic carbocycles. The minimum absolute atomic E-state index is 0.131. The molecular weight excluding hydrogens is 370 g/mol. The molecule has 0 aliphatic rings. The molecule has 1 N–H and O–H groups in total. The van der Waals surface area contributed by atoms with Gasteiger partial charge < -0.3 is 14.8 Å². The number of aromatic nitrogens is 2. The van der Waals surface area contributed by atoms with Crippen molar-refractivity contribution in [1.82, 2.24) is 9.78 Å². The first kappa shape index (κ1) is 18.3. The summed E-state index contributed by atoms with van der Waals surface area (Å²) in [7, 11) is 3.22. The van der Waals surface area contributed by atoms with E-state index in [9.17, 15) is 4.79 Å². The average Bonchev–Trinajstić information content (AvgIpc) is 3.30. The molecule has 3 aromatic rings. The second-order valence-corrected chi connectivity index (χ2v) is 7.55. The largest absolute Gasteiger partial charge is 0.493 e. The number of hydrogen-bond donors (Lipinski definition) is 1. The van der Waals surface area contributed by atoms with E-state index in [1.165, 1.54) is 11.3 Å². The van der Waals surface area contributed by atoms with Gasteiger partial charge in [-0.15, -0.1) is 23.1 Å². The van der Waals surface area contributed by atoms with Gasteiger partial charge in [0.25, 0.3) is 5.91 Å². The van der Waals surface area contributed by atoms with E-state index in [0.29, 0.717) is 28.6 Å². The Bertz CT molecular complexity index is 905. The molecule has 2 aromatic heterocycles. The lowest BCUT2D eigenvalue weighted by Crippen LogP contribution is -2.09. The Kier molecular flexibility index (Phi) is 5.85. The highest BCUT2D eigenvalue weighted by Crippen LogP contribution is 2.31. The number of anilines is 1. The summed E-state index contributed by atoms with van der Waals surface area (Å²) in [6.45, 7) is 0.506. The van der Waals surface area contributed by atoms with Crippen LogP contribution in [0.2, 0.25) is 0 Å². The van der Waals surface area contributed by atoms with Crippen LogP contribution in [-0.4, -0.2) is 36.2 Å². The van der Waals surface area contributed by atoms with Crippen LogP contribution in [0.25, 0.3) is 0 Å². The number of benzene rings is 1. The molecule has 0 bridgehead atoms. The van der Waals surface area contributed by atoms with Gasteiger partial charge in [-0.1, -0.05) is 12.1 Å². The van der Waals surface area contributed by atoms with E-state index in [0.717, 1.165) is 9.77 Å². The van der Waals surface area contributed by atoms with Crippen molar-refractivity contribution < 1.29 is 14.3 Å². The van der Waals surface area contributed by atoms with E-state index >= 15 is 0 Å². The lowest BCUT2D eigenvalue weighted by Gasteiger charge is -2.12. The zero-order chi connectivity index (χ0) is 18.5. The van der Waals surface area contributed by atoms with Crippen LogP contribution in [0.3, 0.4) is 0 Å². The van der Waals surface area contributed by atoms with Crippen molar-refractivity contribution in [3.63, 3.8) is 0 Å². The number of thiophene rings is 1. The first-order valence-electron chi connectivity index (χ1n) is 7.82. The fraction of sp³-hybridized carbons (Fsp3) is 0.222. The summed E-state index contributed by atoms with van der Waals surface area (Å²) in [5, 5.41) is 7.19. The second kappa shape index (κ2) is 8.29. The number of amides is 1. The van der Waals surface area contributed by atoms with Crippen molar-refractivity contribution in [2.24, 2.45) is 0 Å². The lowest BCUT2D eigenvalue weighted by atomic mass is 10.2. The molecule has 0 spiro atoms. The Morgan fingerprint density at radius 2 is 2.12 bits per heavy atom. The Balaban J connectivity index is 1.71. The minimum atomic E-state index is -0.131. The van der Waals surface area contributed by atoms with Gasteiger partial charge in [-0.3, -0.25) is 9.48 Å². The number of ether oxygens (including phenoxy) is 2. The van der Waals surface area contributed by atoms with Crippen molar-refractivity contribution in [3.05, 3.63) is 53.2 Å². The third-order valence-electron chi connectivity index (χ3n) is 3.71. The van der Waals surface area contributed by atoms with E-state index in [2.05, 4.69) is 10.4 Å². The third kappa shape index (κ3) is 4.03. The molecule has 0 unspecified atom stereocenters. The molecule has 0 radical (unpaired) electrons. The number of para-hydroxylation sites is 1. The molecule has 0 saturated heterocycles. The summed E-state index contributed by atoms with van der Waals surface area (Å²) >= 11 is 3.10. The van der Waals surface area contributed by atoms with Gasteiger partial charge in [-0.2, -0.15) is 5.10 Å². The molecule has 6 nitrogen and oxygen atoms in total. The monoisotopic (exact) mass is 389 g/mol. The van der Waals surface area contributed by atoms with Gasteiger partial charge in [-0.05, 0) is 24.5 Å². The minimum Gasteiger partial charge on any atom is -0.493 e. The van der Waals surface area contributed by atoms with Gasteiger partial charge in [0.05, 0.1) is 41.7 Å². The van der Waals surface area contributed by atoms with Crippen LogP contribution in [0.4, 0.5) is 5.69 Å². The molecule has 0 fully saturated rings. The molecular formula is C18H19N3O3S2. The molecule has 1 aromatic carbocycles. The van der Waals surface area contributed by atoms with Crippen molar-refractivity contribution >= 4 is 34.7 Å². The zero-order valence-electron chi connectivity index (χ0n) is 14.7. The SMILES string of the molecule is COc1cccc(Cn2cc(NC(=O)c3ccc(SC)s3)cn2)c1OC. The Labute approximate surface area is 160 Å². The number of nitrogens with one attached hydrogen (secondary N) is 1. The van der Waals surface area contributed by atoms with Crippen LogP contribution < -0.4 is 14.8 Å². The molecule has 1 amide bonds. The normalized spacial score (nSPS) is 10.6. The van der Waals surface area contributed by atoms with Gasteiger partial charge in [-0.25, -0.2) is 0 Å². The Hall–Kier alpha value is -2.45. The predicted molar refractivity (Wildman–Crippen MR) is 105 cm³/mol.